The average molecular weight is 566 g/mol. The minimum Gasteiger partial charge on any atom is -0.469 e. The number of rotatable bonds is 7. The molecular weight excluding hydrogens is 545 g/mol. The van der Waals surface area contributed by atoms with Crippen LogP contribution in [0.1, 0.15) is 41.4 Å². The van der Waals surface area contributed by atoms with Crippen molar-refractivity contribution in [2.45, 2.75) is 29.8 Å². The zero-order valence-corrected chi connectivity index (χ0v) is 21.7. The second-order valence-corrected chi connectivity index (χ2v) is 9.93. The van der Waals surface area contributed by atoms with Gasteiger partial charge in [-0.3, -0.25) is 19.3 Å². The van der Waals surface area contributed by atoms with Gasteiger partial charge in [0, 0.05) is 40.2 Å². The standard InChI is InChI=1S/C26H21BrFN5O2S/c1-35-23(34)9-7-21-25-31-32-26(36-15-16-10-12-29-13-11-16)33(25)22-8-6-17(27)14-19(22)24(30-21)18-4-2-3-5-20(18)28/h2-6,8,10-14,21H,7,9,15H2,1H3/t21-/m0/s1. The number of aromatic nitrogens is 4. The summed E-state index contributed by atoms with van der Waals surface area (Å²) >= 11 is 5.09. The molecule has 0 radical (unpaired) electrons. The van der Waals surface area contributed by atoms with E-state index in [9.17, 15) is 4.79 Å². The number of halogens is 2. The highest BCUT2D eigenvalue weighted by Gasteiger charge is 2.30. The summed E-state index contributed by atoms with van der Waals surface area (Å²) in [5.74, 6) is 0.533. The number of hydrogen-bond acceptors (Lipinski definition) is 7. The fourth-order valence-corrected chi connectivity index (χ4v) is 5.31. The van der Waals surface area contributed by atoms with Crippen LogP contribution in [0.2, 0.25) is 0 Å². The molecule has 3 heterocycles. The first-order valence-electron chi connectivity index (χ1n) is 11.2. The van der Waals surface area contributed by atoms with E-state index >= 15 is 4.39 Å². The molecule has 2 aromatic heterocycles. The Balaban J connectivity index is 1.66. The number of carbonyl (C=O) groups is 1. The summed E-state index contributed by atoms with van der Waals surface area (Å²) < 4.78 is 22.7. The average Bonchev–Trinajstić information content (AvgIpc) is 3.26. The van der Waals surface area contributed by atoms with Gasteiger partial charge in [-0.2, -0.15) is 0 Å². The smallest absolute Gasteiger partial charge is 0.305 e. The first-order valence-corrected chi connectivity index (χ1v) is 13.0. The Bertz CT molecular complexity index is 1440. The third-order valence-corrected chi connectivity index (χ3v) is 7.29. The molecule has 36 heavy (non-hydrogen) atoms. The van der Waals surface area contributed by atoms with Crippen LogP contribution in [0.5, 0.6) is 0 Å². The lowest BCUT2D eigenvalue weighted by atomic mass is 10.00. The van der Waals surface area contributed by atoms with Crippen molar-refractivity contribution >= 4 is 39.4 Å². The number of esters is 1. The molecule has 7 nitrogen and oxygen atoms in total. The van der Waals surface area contributed by atoms with Crippen molar-refractivity contribution in [2.75, 3.05) is 7.11 Å². The molecule has 0 bridgehead atoms. The zero-order chi connectivity index (χ0) is 25.1. The van der Waals surface area contributed by atoms with Crippen LogP contribution in [0.4, 0.5) is 4.39 Å². The lowest BCUT2D eigenvalue weighted by Gasteiger charge is -2.14. The maximum absolute atomic E-state index is 15.0. The summed E-state index contributed by atoms with van der Waals surface area (Å²) in [6.45, 7) is 0. The normalized spacial score (nSPS) is 14.4. The SMILES string of the molecule is COC(=O)CC[C@@H]1N=C(c2ccccc2F)c2cc(Br)ccc2-n2c(SCc3ccncc3)nnc21. The number of aliphatic imine (C=N–C) groups is 1. The van der Waals surface area contributed by atoms with Crippen LogP contribution in [-0.2, 0) is 15.3 Å². The van der Waals surface area contributed by atoms with Crippen LogP contribution < -0.4 is 0 Å². The Labute approximate surface area is 220 Å². The largest absolute Gasteiger partial charge is 0.469 e. The molecule has 182 valence electrons. The molecular formula is C26H21BrFN5O2S. The van der Waals surface area contributed by atoms with Crippen LogP contribution in [0, 0.1) is 5.82 Å². The van der Waals surface area contributed by atoms with Crippen molar-refractivity contribution in [2.24, 2.45) is 4.99 Å². The molecule has 1 aliphatic heterocycles. The molecule has 0 spiro atoms. The summed E-state index contributed by atoms with van der Waals surface area (Å²) in [7, 11) is 1.35. The fourth-order valence-electron chi connectivity index (χ4n) is 4.04. The van der Waals surface area contributed by atoms with Crippen LogP contribution in [-0.4, -0.2) is 38.5 Å². The van der Waals surface area contributed by atoms with E-state index in [-0.39, 0.29) is 18.2 Å². The van der Waals surface area contributed by atoms with Crippen LogP contribution >= 0.6 is 27.7 Å². The molecule has 0 saturated heterocycles. The van der Waals surface area contributed by atoms with Gasteiger partial charge in [-0.05, 0) is 54.4 Å². The highest BCUT2D eigenvalue weighted by molar-refractivity contribution is 9.10. The zero-order valence-electron chi connectivity index (χ0n) is 19.3. The number of carbonyl (C=O) groups excluding carboxylic acids is 1. The van der Waals surface area contributed by atoms with E-state index in [1.165, 1.54) is 24.9 Å². The summed E-state index contributed by atoms with van der Waals surface area (Å²) in [4.78, 5) is 21.0. The van der Waals surface area contributed by atoms with E-state index in [4.69, 9.17) is 9.73 Å². The van der Waals surface area contributed by atoms with E-state index in [0.29, 0.717) is 34.4 Å². The van der Waals surface area contributed by atoms with E-state index in [1.54, 1.807) is 30.6 Å². The number of pyridine rings is 1. The number of nitrogens with zero attached hydrogens (tertiary/aromatic N) is 5. The molecule has 5 rings (SSSR count). The van der Waals surface area contributed by atoms with Gasteiger partial charge in [0.2, 0.25) is 0 Å². The number of benzene rings is 2. The van der Waals surface area contributed by atoms with E-state index in [1.807, 2.05) is 34.9 Å². The third-order valence-electron chi connectivity index (χ3n) is 5.79. The number of fused-ring (bicyclic) bond motifs is 3. The van der Waals surface area contributed by atoms with Crippen molar-refractivity contribution in [3.05, 3.63) is 99.8 Å². The van der Waals surface area contributed by atoms with Gasteiger partial charge < -0.3 is 4.74 Å². The second kappa shape index (κ2) is 10.7. The lowest BCUT2D eigenvalue weighted by Crippen LogP contribution is -2.10. The van der Waals surface area contributed by atoms with Gasteiger partial charge in [-0.15, -0.1) is 10.2 Å². The first kappa shape index (κ1) is 24.3. The molecule has 0 fully saturated rings. The molecule has 1 atom stereocenters. The van der Waals surface area contributed by atoms with Gasteiger partial charge in [0.15, 0.2) is 11.0 Å². The molecule has 0 amide bonds. The highest BCUT2D eigenvalue weighted by atomic mass is 79.9. The lowest BCUT2D eigenvalue weighted by molar-refractivity contribution is -0.140. The quantitative estimate of drug-likeness (QED) is 0.211. The molecule has 0 saturated carbocycles. The van der Waals surface area contributed by atoms with E-state index < -0.39 is 6.04 Å². The van der Waals surface area contributed by atoms with Gasteiger partial charge in [-0.25, -0.2) is 4.39 Å². The van der Waals surface area contributed by atoms with Crippen molar-refractivity contribution in [1.29, 1.82) is 0 Å². The topological polar surface area (TPSA) is 82.3 Å². The molecule has 2 aromatic carbocycles. The van der Waals surface area contributed by atoms with Gasteiger partial charge in [0.05, 0.1) is 18.5 Å². The number of thioether (sulfide) groups is 1. The molecule has 1 aliphatic rings. The molecule has 0 unspecified atom stereocenters. The number of ether oxygens (including phenoxy) is 1. The van der Waals surface area contributed by atoms with Gasteiger partial charge in [0.25, 0.3) is 0 Å². The molecule has 4 aromatic rings. The van der Waals surface area contributed by atoms with Gasteiger partial charge in [0.1, 0.15) is 11.9 Å². The van der Waals surface area contributed by atoms with Crippen molar-refractivity contribution < 1.29 is 13.9 Å². The first-order chi connectivity index (χ1) is 17.5. The van der Waals surface area contributed by atoms with Crippen LogP contribution in [0.15, 0.2) is 81.6 Å². The number of methoxy groups -OCH3 is 1. The van der Waals surface area contributed by atoms with Crippen LogP contribution in [0.25, 0.3) is 5.69 Å². The Kier molecular flexibility index (Phi) is 7.24. The minimum atomic E-state index is -0.535. The van der Waals surface area contributed by atoms with Crippen molar-refractivity contribution in [1.82, 2.24) is 19.7 Å². The summed E-state index contributed by atoms with van der Waals surface area (Å²) in [6.07, 6.45) is 3.99. The Morgan fingerprint density at radius 2 is 1.92 bits per heavy atom. The maximum atomic E-state index is 15.0. The predicted molar refractivity (Wildman–Crippen MR) is 139 cm³/mol. The third kappa shape index (κ3) is 4.96. The fraction of sp³-hybridized carbons (Fsp3) is 0.192. The molecule has 0 N–H and O–H groups in total. The minimum absolute atomic E-state index is 0.140. The number of hydrogen-bond donors (Lipinski definition) is 0. The Morgan fingerprint density at radius 3 is 2.69 bits per heavy atom. The summed E-state index contributed by atoms with van der Waals surface area (Å²) in [5, 5.41) is 9.66. The second-order valence-electron chi connectivity index (χ2n) is 8.07. The van der Waals surface area contributed by atoms with E-state index in [0.717, 1.165) is 21.3 Å². The predicted octanol–water partition coefficient (Wildman–Crippen LogP) is 5.70. The highest BCUT2D eigenvalue weighted by Crippen LogP contribution is 2.37. The summed E-state index contributed by atoms with van der Waals surface area (Å²) in [6, 6.07) is 15.7. The van der Waals surface area contributed by atoms with Gasteiger partial charge in [-0.1, -0.05) is 39.8 Å². The Morgan fingerprint density at radius 1 is 1.11 bits per heavy atom. The summed E-state index contributed by atoms with van der Waals surface area (Å²) in [5.41, 5.74) is 3.50. The van der Waals surface area contributed by atoms with Crippen molar-refractivity contribution in [3.63, 3.8) is 0 Å². The van der Waals surface area contributed by atoms with Gasteiger partial charge >= 0.3 is 5.97 Å². The molecule has 0 aliphatic carbocycles. The van der Waals surface area contributed by atoms with Crippen molar-refractivity contribution in [3.8, 4) is 5.69 Å². The van der Waals surface area contributed by atoms with Crippen LogP contribution in [0.3, 0.4) is 0 Å². The molecule has 10 heteroatoms. The maximum Gasteiger partial charge on any atom is 0.305 e. The van der Waals surface area contributed by atoms with E-state index in [2.05, 4.69) is 31.1 Å². The Hall–Kier alpha value is -3.37. The monoisotopic (exact) mass is 565 g/mol.